The minimum atomic E-state index is -0.847. The first-order valence-electron chi connectivity index (χ1n) is 6.78. The second kappa shape index (κ2) is 4.91. The summed E-state index contributed by atoms with van der Waals surface area (Å²) in [5.41, 5.74) is 0.349. The van der Waals surface area contributed by atoms with Crippen molar-refractivity contribution in [2.24, 2.45) is 5.41 Å². The molecule has 21 heavy (non-hydrogen) atoms. The van der Waals surface area contributed by atoms with Crippen molar-refractivity contribution in [1.82, 2.24) is 20.2 Å². The van der Waals surface area contributed by atoms with Crippen molar-refractivity contribution in [2.75, 3.05) is 0 Å². The molecule has 0 radical (unpaired) electrons. The molecule has 6 nitrogen and oxygen atoms in total. The maximum atomic E-state index is 14.0. The summed E-state index contributed by atoms with van der Waals surface area (Å²) in [6.07, 6.45) is 2.07. The van der Waals surface area contributed by atoms with Crippen molar-refractivity contribution in [3.8, 4) is 11.4 Å². The Morgan fingerprint density at radius 3 is 2.86 bits per heavy atom. The van der Waals surface area contributed by atoms with Gasteiger partial charge in [0.05, 0.1) is 17.5 Å². The highest BCUT2D eigenvalue weighted by atomic mass is 19.1. The molecule has 1 fully saturated rings. The third-order valence-electron chi connectivity index (χ3n) is 4.11. The number of aliphatic carboxylic acids is 1. The summed E-state index contributed by atoms with van der Waals surface area (Å²) in [7, 11) is 0. The molecule has 7 heteroatoms. The van der Waals surface area contributed by atoms with Gasteiger partial charge in [-0.25, -0.2) is 9.07 Å². The molecular weight excluding hydrogens is 275 g/mol. The summed E-state index contributed by atoms with van der Waals surface area (Å²) in [5, 5.41) is 20.7. The van der Waals surface area contributed by atoms with Crippen LogP contribution in [0.15, 0.2) is 18.2 Å². The first kappa shape index (κ1) is 13.7. The van der Waals surface area contributed by atoms with E-state index in [0.717, 1.165) is 12.0 Å². The molecule has 3 rings (SSSR count). The molecule has 0 spiro atoms. The Morgan fingerprint density at radius 2 is 2.24 bits per heavy atom. The van der Waals surface area contributed by atoms with Crippen LogP contribution in [0, 0.1) is 18.2 Å². The average molecular weight is 290 g/mol. The lowest BCUT2D eigenvalue weighted by Gasteiger charge is -2.37. The predicted molar refractivity (Wildman–Crippen MR) is 71.9 cm³/mol. The van der Waals surface area contributed by atoms with Crippen LogP contribution >= 0.6 is 0 Å². The minimum Gasteiger partial charge on any atom is -0.481 e. The second-order valence-corrected chi connectivity index (χ2v) is 5.58. The van der Waals surface area contributed by atoms with Gasteiger partial charge in [0.2, 0.25) is 0 Å². The Balaban J connectivity index is 1.98. The number of hydrogen-bond acceptors (Lipinski definition) is 4. The molecule has 0 bridgehead atoms. The van der Waals surface area contributed by atoms with E-state index in [-0.39, 0.29) is 12.4 Å². The summed E-state index contributed by atoms with van der Waals surface area (Å²) in [4.78, 5) is 11.4. The molecule has 1 saturated carbocycles. The van der Waals surface area contributed by atoms with E-state index in [9.17, 15) is 14.3 Å². The molecule has 0 amide bonds. The van der Waals surface area contributed by atoms with Gasteiger partial charge in [0.15, 0.2) is 5.82 Å². The standard InChI is InChI=1S/C14H15FN4O2/c1-9-3-4-11(15)10(7-9)12-16-17-18-19(12)8-14(13(20)21)5-2-6-14/h3-4,7H,2,5-6,8H2,1H3,(H,20,21). The molecular formula is C14H15FN4O2. The molecule has 1 N–H and O–H groups in total. The van der Waals surface area contributed by atoms with E-state index in [1.165, 1.54) is 10.7 Å². The first-order chi connectivity index (χ1) is 10.0. The Morgan fingerprint density at radius 1 is 1.48 bits per heavy atom. The fourth-order valence-electron chi connectivity index (χ4n) is 2.64. The van der Waals surface area contributed by atoms with Crippen molar-refractivity contribution in [3.05, 3.63) is 29.6 Å². The number of carbonyl (C=O) groups is 1. The number of benzene rings is 1. The number of rotatable bonds is 4. The quantitative estimate of drug-likeness (QED) is 0.932. The van der Waals surface area contributed by atoms with E-state index in [2.05, 4.69) is 15.5 Å². The van der Waals surface area contributed by atoms with Gasteiger partial charge in [0.1, 0.15) is 5.82 Å². The highest BCUT2D eigenvalue weighted by Crippen LogP contribution is 2.43. The molecule has 0 unspecified atom stereocenters. The SMILES string of the molecule is Cc1ccc(F)c(-c2nnnn2CC2(C(=O)O)CCC2)c1. The molecule has 1 heterocycles. The van der Waals surface area contributed by atoms with E-state index in [1.807, 2.05) is 6.92 Å². The highest BCUT2D eigenvalue weighted by Gasteiger charge is 2.45. The van der Waals surface area contributed by atoms with Crippen LogP contribution in [0.4, 0.5) is 4.39 Å². The van der Waals surface area contributed by atoms with E-state index < -0.39 is 17.2 Å². The predicted octanol–water partition coefficient (Wildman–Crippen LogP) is 2.04. The van der Waals surface area contributed by atoms with Gasteiger partial charge < -0.3 is 5.11 Å². The Bertz CT molecular complexity index is 694. The maximum absolute atomic E-state index is 14.0. The topological polar surface area (TPSA) is 80.9 Å². The van der Waals surface area contributed by atoms with Gasteiger partial charge in [0.25, 0.3) is 0 Å². The van der Waals surface area contributed by atoms with Crippen molar-refractivity contribution >= 4 is 5.97 Å². The molecule has 0 saturated heterocycles. The lowest BCUT2D eigenvalue weighted by atomic mass is 9.69. The third-order valence-corrected chi connectivity index (χ3v) is 4.11. The van der Waals surface area contributed by atoms with Gasteiger partial charge in [-0.2, -0.15) is 0 Å². The molecule has 0 atom stereocenters. The highest BCUT2D eigenvalue weighted by molar-refractivity contribution is 5.75. The molecule has 1 aromatic heterocycles. The van der Waals surface area contributed by atoms with Crippen LogP contribution in [0.3, 0.4) is 0 Å². The summed E-state index contributed by atoms with van der Waals surface area (Å²) in [6, 6.07) is 4.68. The van der Waals surface area contributed by atoms with Crippen LogP contribution in [0.1, 0.15) is 24.8 Å². The fraction of sp³-hybridized carbons (Fsp3) is 0.429. The van der Waals surface area contributed by atoms with E-state index in [4.69, 9.17) is 0 Å². The number of tetrazole rings is 1. The van der Waals surface area contributed by atoms with Crippen molar-refractivity contribution < 1.29 is 14.3 Å². The van der Waals surface area contributed by atoms with Gasteiger partial charge in [-0.1, -0.05) is 18.1 Å². The van der Waals surface area contributed by atoms with Crippen LogP contribution in [-0.4, -0.2) is 31.3 Å². The van der Waals surface area contributed by atoms with E-state index in [0.29, 0.717) is 18.4 Å². The molecule has 110 valence electrons. The fourth-order valence-corrected chi connectivity index (χ4v) is 2.64. The number of nitrogens with zero attached hydrogens (tertiary/aromatic N) is 4. The molecule has 1 aromatic carbocycles. The van der Waals surface area contributed by atoms with Crippen molar-refractivity contribution in [3.63, 3.8) is 0 Å². The largest absolute Gasteiger partial charge is 0.481 e. The summed E-state index contributed by atoms with van der Waals surface area (Å²) in [5.74, 6) is -1.00. The number of aromatic nitrogens is 4. The lowest BCUT2D eigenvalue weighted by molar-refractivity contribution is -0.156. The Labute approximate surface area is 120 Å². The zero-order valence-electron chi connectivity index (χ0n) is 11.6. The number of hydrogen-bond donors (Lipinski definition) is 1. The Kier molecular flexibility index (Phi) is 3.19. The van der Waals surface area contributed by atoms with Crippen LogP contribution in [-0.2, 0) is 11.3 Å². The summed E-state index contributed by atoms with van der Waals surface area (Å²) in [6.45, 7) is 2.01. The second-order valence-electron chi connectivity index (χ2n) is 5.58. The first-order valence-corrected chi connectivity index (χ1v) is 6.78. The van der Waals surface area contributed by atoms with Gasteiger partial charge >= 0.3 is 5.97 Å². The van der Waals surface area contributed by atoms with Crippen molar-refractivity contribution in [1.29, 1.82) is 0 Å². The van der Waals surface area contributed by atoms with Crippen molar-refractivity contribution in [2.45, 2.75) is 32.7 Å². The number of carboxylic acids is 1. The monoisotopic (exact) mass is 290 g/mol. The smallest absolute Gasteiger partial charge is 0.311 e. The minimum absolute atomic E-state index is 0.165. The van der Waals surface area contributed by atoms with Crippen LogP contribution in [0.5, 0.6) is 0 Å². The molecule has 2 aromatic rings. The van der Waals surface area contributed by atoms with Crippen LogP contribution in [0.2, 0.25) is 0 Å². The third kappa shape index (κ3) is 2.28. The zero-order chi connectivity index (χ0) is 15.0. The maximum Gasteiger partial charge on any atom is 0.311 e. The molecule has 1 aliphatic rings. The lowest BCUT2D eigenvalue weighted by Crippen LogP contribution is -2.42. The van der Waals surface area contributed by atoms with Crippen LogP contribution in [0.25, 0.3) is 11.4 Å². The van der Waals surface area contributed by atoms with E-state index in [1.54, 1.807) is 12.1 Å². The molecule has 0 aliphatic heterocycles. The van der Waals surface area contributed by atoms with Gasteiger partial charge in [0, 0.05) is 0 Å². The average Bonchev–Trinajstić information content (AvgIpc) is 2.84. The van der Waals surface area contributed by atoms with Crippen LogP contribution < -0.4 is 0 Å². The normalized spacial score (nSPS) is 16.5. The number of aryl methyl sites for hydroxylation is 1. The molecule has 1 aliphatic carbocycles. The van der Waals surface area contributed by atoms with Gasteiger partial charge in [-0.15, -0.1) is 5.10 Å². The van der Waals surface area contributed by atoms with Gasteiger partial charge in [-0.05, 0) is 42.3 Å². The van der Waals surface area contributed by atoms with Gasteiger partial charge in [-0.3, -0.25) is 4.79 Å². The van der Waals surface area contributed by atoms with E-state index >= 15 is 0 Å². The summed E-state index contributed by atoms with van der Waals surface area (Å²) >= 11 is 0. The Hall–Kier alpha value is -2.31. The zero-order valence-corrected chi connectivity index (χ0v) is 11.6. The number of halogens is 1. The summed E-state index contributed by atoms with van der Waals surface area (Å²) < 4.78 is 15.4. The number of carboxylic acid groups (broad SMARTS) is 1.